The highest BCUT2D eigenvalue weighted by Crippen LogP contribution is 2.40. The van der Waals surface area contributed by atoms with Crippen molar-refractivity contribution >= 4 is 61.6 Å². The van der Waals surface area contributed by atoms with Crippen LogP contribution >= 0.6 is 34.5 Å². The number of ether oxygens (including phenoxy) is 2. The second-order valence-corrected chi connectivity index (χ2v) is 10.4. The predicted molar refractivity (Wildman–Crippen MR) is 150 cm³/mol. The van der Waals surface area contributed by atoms with E-state index in [9.17, 15) is 33.1 Å². The predicted octanol–water partition coefficient (Wildman–Crippen LogP) is 6.84. The highest BCUT2D eigenvalue weighted by Gasteiger charge is 2.34. The molecule has 9 nitrogen and oxygen atoms in total. The molecule has 0 radical (unpaired) electrons. The second kappa shape index (κ2) is 11.1. The second-order valence-electron chi connectivity index (χ2n) is 8.71. The van der Waals surface area contributed by atoms with E-state index in [1.807, 2.05) is 0 Å². The molecule has 0 spiro atoms. The molecule has 0 aliphatic heterocycles. The zero-order chi connectivity index (χ0) is 30.3. The molecule has 0 unspecified atom stereocenters. The van der Waals surface area contributed by atoms with Gasteiger partial charge in [-0.05, 0) is 37.3 Å². The Labute approximate surface area is 247 Å². The Morgan fingerprint density at radius 2 is 1.98 bits per heavy atom. The van der Waals surface area contributed by atoms with Crippen molar-refractivity contribution in [3.63, 3.8) is 0 Å². The van der Waals surface area contributed by atoms with Crippen LogP contribution in [0.4, 0.5) is 13.2 Å². The zero-order valence-electron chi connectivity index (χ0n) is 21.1. The SMILES string of the molecule is Cc1nc2cc(Cl)c(OC(F)(F)F)c(C#N)c2c(=O)n1CCOc1ccc(Cl)cc1-c1ccnc2c(C(=O)O)csc12. The molecule has 5 aromatic rings. The molecule has 15 heteroatoms. The molecule has 2 aromatic carbocycles. The molecule has 0 aliphatic carbocycles. The fraction of sp³-hybridized carbons (Fsp3) is 0.148. The number of carboxylic acid groups (broad SMARTS) is 1. The van der Waals surface area contributed by atoms with Gasteiger partial charge < -0.3 is 14.6 Å². The molecule has 0 saturated heterocycles. The highest BCUT2D eigenvalue weighted by atomic mass is 35.5. The van der Waals surface area contributed by atoms with Gasteiger partial charge in [-0.1, -0.05) is 23.2 Å². The lowest BCUT2D eigenvalue weighted by Gasteiger charge is -2.16. The van der Waals surface area contributed by atoms with Crippen molar-refractivity contribution in [3.8, 4) is 28.7 Å². The largest absolute Gasteiger partial charge is 0.573 e. The Kier molecular flexibility index (Phi) is 7.72. The van der Waals surface area contributed by atoms with Gasteiger partial charge in [0.15, 0.2) is 5.75 Å². The number of aromatic carboxylic acids is 1. The Morgan fingerprint density at radius 1 is 1.21 bits per heavy atom. The van der Waals surface area contributed by atoms with Crippen molar-refractivity contribution in [2.45, 2.75) is 19.8 Å². The van der Waals surface area contributed by atoms with E-state index in [2.05, 4.69) is 14.7 Å². The van der Waals surface area contributed by atoms with Gasteiger partial charge in [0.1, 0.15) is 29.8 Å². The number of rotatable bonds is 7. The minimum atomic E-state index is -5.15. The summed E-state index contributed by atoms with van der Waals surface area (Å²) in [6.45, 7) is 1.33. The Bertz CT molecular complexity index is 2000. The van der Waals surface area contributed by atoms with E-state index >= 15 is 0 Å². The summed E-state index contributed by atoms with van der Waals surface area (Å²) in [5, 5.41) is 20.1. The van der Waals surface area contributed by atoms with Gasteiger partial charge in [-0.3, -0.25) is 14.3 Å². The molecule has 5 rings (SSSR count). The topological polar surface area (TPSA) is 127 Å². The first-order valence-electron chi connectivity index (χ1n) is 11.8. The van der Waals surface area contributed by atoms with E-state index in [1.54, 1.807) is 30.3 Å². The molecule has 0 amide bonds. The van der Waals surface area contributed by atoms with Crippen molar-refractivity contribution in [2.75, 3.05) is 6.61 Å². The molecule has 1 N–H and O–H groups in total. The van der Waals surface area contributed by atoms with Crippen LogP contribution in [-0.4, -0.2) is 38.6 Å². The Morgan fingerprint density at radius 3 is 2.67 bits per heavy atom. The third-order valence-corrected chi connectivity index (χ3v) is 7.68. The fourth-order valence-corrected chi connectivity index (χ4v) is 5.84. The lowest BCUT2D eigenvalue weighted by molar-refractivity contribution is -0.274. The molecule has 0 saturated carbocycles. The molecule has 3 aromatic heterocycles. The molecule has 42 heavy (non-hydrogen) atoms. The molecular formula is C27H15Cl2F3N4O5S. The van der Waals surface area contributed by atoms with Gasteiger partial charge >= 0.3 is 12.3 Å². The number of halogens is 5. The third-order valence-electron chi connectivity index (χ3n) is 6.16. The van der Waals surface area contributed by atoms with Crippen molar-refractivity contribution in [1.82, 2.24) is 14.5 Å². The summed E-state index contributed by atoms with van der Waals surface area (Å²) in [4.78, 5) is 33.5. The van der Waals surface area contributed by atoms with Crippen LogP contribution in [0.5, 0.6) is 11.5 Å². The number of nitriles is 1. The van der Waals surface area contributed by atoms with E-state index < -0.39 is 34.2 Å². The standard InChI is InChI=1S/C27H15Cl2F3N4O5S/c1-12-35-19-9-18(29)23(41-27(30,31)32)16(10-33)21(19)25(37)36(12)6-7-40-20-3-2-13(28)8-15(20)14-4-5-34-22-17(26(38)39)11-42-24(14)22/h2-5,8-9,11H,6-7H2,1H3,(H,38,39). The van der Waals surface area contributed by atoms with Gasteiger partial charge in [0.25, 0.3) is 5.56 Å². The number of aryl methyl sites for hydroxylation is 1. The maximum Gasteiger partial charge on any atom is 0.573 e. The first-order valence-corrected chi connectivity index (χ1v) is 13.4. The van der Waals surface area contributed by atoms with Gasteiger partial charge in [0, 0.05) is 27.7 Å². The van der Waals surface area contributed by atoms with Crippen LogP contribution in [0.25, 0.3) is 32.2 Å². The average Bonchev–Trinajstić information content (AvgIpc) is 3.36. The minimum Gasteiger partial charge on any atom is -0.491 e. The van der Waals surface area contributed by atoms with Gasteiger partial charge in [0.05, 0.1) is 38.3 Å². The van der Waals surface area contributed by atoms with Crippen molar-refractivity contribution < 1.29 is 32.5 Å². The summed E-state index contributed by atoms with van der Waals surface area (Å²) >= 11 is 13.4. The highest BCUT2D eigenvalue weighted by molar-refractivity contribution is 7.18. The van der Waals surface area contributed by atoms with E-state index in [1.165, 1.54) is 29.8 Å². The van der Waals surface area contributed by atoms with Crippen LogP contribution in [0.1, 0.15) is 21.7 Å². The number of hydrogen-bond acceptors (Lipinski definition) is 8. The van der Waals surface area contributed by atoms with Gasteiger partial charge in [-0.2, -0.15) is 5.26 Å². The van der Waals surface area contributed by atoms with Gasteiger partial charge in [-0.15, -0.1) is 24.5 Å². The monoisotopic (exact) mass is 634 g/mol. The number of pyridine rings is 1. The lowest BCUT2D eigenvalue weighted by Crippen LogP contribution is -2.27. The number of nitrogens with zero attached hydrogens (tertiary/aromatic N) is 4. The quantitative estimate of drug-likeness (QED) is 0.206. The number of carboxylic acids is 1. The normalized spacial score (nSPS) is 11.5. The van der Waals surface area contributed by atoms with E-state index in [-0.39, 0.29) is 35.4 Å². The van der Waals surface area contributed by atoms with Crippen molar-refractivity contribution in [2.24, 2.45) is 0 Å². The van der Waals surface area contributed by atoms with Crippen LogP contribution in [0.15, 0.2) is 46.7 Å². The summed E-state index contributed by atoms with van der Waals surface area (Å²) in [6.07, 6.45) is -3.68. The summed E-state index contributed by atoms with van der Waals surface area (Å²) in [6, 6.07) is 9.15. The Balaban J connectivity index is 1.51. The number of thiophene rings is 1. The molecule has 0 fully saturated rings. The summed E-state index contributed by atoms with van der Waals surface area (Å²) in [7, 11) is 0. The first-order chi connectivity index (χ1) is 19.9. The molecule has 0 bridgehead atoms. The van der Waals surface area contributed by atoms with Gasteiger partial charge in [0.2, 0.25) is 0 Å². The van der Waals surface area contributed by atoms with Crippen LogP contribution in [0, 0.1) is 18.3 Å². The summed E-state index contributed by atoms with van der Waals surface area (Å²) in [5.41, 5.74) is -0.00426. The van der Waals surface area contributed by atoms with Crippen LogP contribution < -0.4 is 15.0 Å². The van der Waals surface area contributed by atoms with Crippen LogP contribution in [0.3, 0.4) is 0 Å². The number of alkyl halides is 3. The maximum absolute atomic E-state index is 13.4. The van der Waals surface area contributed by atoms with Crippen LogP contribution in [-0.2, 0) is 6.54 Å². The number of fused-ring (bicyclic) bond motifs is 2. The van der Waals surface area contributed by atoms with E-state index in [4.69, 9.17) is 27.9 Å². The maximum atomic E-state index is 13.4. The molecule has 0 aliphatic rings. The number of benzene rings is 2. The minimum absolute atomic E-state index is 0.0572. The molecule has 214 valence electrons. The van der Waals surface area contributed by atoms with Crippen LogP contribution in [0.2, 0.25) is 10.0 Å². The van der Waals surface area contributed by atoms with Crippen molar-refractivity contribution in [3.05, 3.63) is 79.3 Å². The number of aromatic nitrogens is 3. The Hall–Kier alpha value is -4.38. The first kappa shape index (κ1) is 29.1. The lowest BCUT2D eigenvalue weighted by atomic mass is 10.0. The molecular weight excluding hydrogens is 620 g/mol. The van der Waals surface area contributed by atoms with E-state index in [0.717, 1.165) is 10.6 Å². The smallest absolute Gasteiger partial charge is 0.491 e. The summed E-state index contributed by atoms with van der Waals surface area (Å²) in [5.74, 6) is -1.54. The van der Waals surface area contributed by atoms with E-state index in [0.29, 0.717) is 32.1 Å². The summed E-state index contributed by atoms with van der Waals surface area (Å²) < 4.78 is 50.6. The molecule has 0 atom stereocenters. The number of carbonyl (C=O) groups is 1. The third kappa shape index (κ3) is 5.44. The zero-order valence-corrected chi connectivity index (χ0v) is 23.5. The fourth-order valence-electron chi connectivity index (χ4n) is 4.41. The molecule has 3 heterocycles. The average molecular weight is 635 g/mol. The van der Waals surface area contributed by atoms with Crippen molar-refractivity contribution in [1.29, 1.82) is 5.26 Å². The number of hydrogen-bond donors (Lipinski definition) is 1. The van der Waals surface area contributed by atoms with Gasteiger partial charge in [-0.25, -0.2) is 9.78 Å².